The minimum Gasteiger partial charge on any atom is -0.350 e. The maximum Gasteiger partial charge on any atom is 0.171 e. The molecule has 1 aliphatic rings. The topological polar surface area (TPSA) is 41.6 Å². The summed E-state index contributed by atoms with van der Waals surface area (Å²) in [6.45, 7) is 13.8. The zero-order valence-corrected chi connectivity index (χ0v) is 14.8. The maximum atomic E-state index is 12.9. The molecule has 0 aromatic heterocycles. The van der Waals surface area contributed by atoms with E-state index in [0.717, 1.165) is 25.7 Å². The van der Waals surface area contributed by atoms with E-state index in [1.165, 1.54) is 5.06 Å². The van der Waals surface area contributed by atoms with Crippen LogP contribution in [-0.2, 0) is 14.7 Å². The van der Waals surface area contributed by atoms with Crippen LogP contribution in [0.2, 0.25) is 0 Å². The van der Waals surface area contributed by atoms with E-state index in [1.54, 1.807) is 0 Å². The maximum absolute atomic E-state index is 12.9. The van der Waals surface area contributed by atoms with E-state index < -0.39 is 11.3 Å². The summed E-state index contributed by atoms with van der Waals surface area (Å²) >= 11 is 0. The van der Waals surface area contributed by atoms with Gasteiger partial charge in [-0.3, -0.25) is 0 Å². The van der Waals surface area contributed by atoms with Gasteiger partial charge >= 0.3 is 0 Å². The van der Waals surface area contributed by atoms with Crippen LogP contribution < -0.4 is 0 Å². The van der Waals surface area contributed by atoms with Crippen molar-refractivity contribution < 1.29 is 14.7 Å². The van der Waals surface area contributed by atoms with Crippen LogP contribution in [-0.4, -0.2) is 35.1 Å². The van der Waals surface area contributed by atoms with Crippen molar-refractivity contribution in [3.63, 3.8) is 0 Å². The Morgan fingerprint density at radius 2 is 1.38 bits per heavy atom. The first-order valence-electron chi connectivity index (χ1n) is 8.57. The Hall–Kier alpha value is -0.160. The first-order valence-corrected chi connectivity index (χ1v) is 8.57. The molecule has 0 bridgehead atoms. The average Bonchev–Trinajstić information content (AvgIpc) is 2.47. The standard InChI is InChI=1S/C17H34NO3/c1-7-11-20-17(21-12-8-2)13-15(5,6)18(19)16(9-3,10-4)14-17/h7-14H2,1-6H3. The van der Waals surface area contributed by atoms with E-state index in [2.05, 4.69) is 27.7 Å². The van der Waals surface area contributed by atoms with Crippen molar-refractivity contribution in [3.8, 4) is 0 Å². The summed E-state index contributed by atoms with van der Waals surface area (Å²) in [6.07, 6.45) is 4.87. The van der Waals surface area contributed by atoms with Crippen molar-refractivity contribution in [2.75, 3.05) is 13.2 Å². The highest BCUT2D eigenvalue weighted by molar-refractivity contribution is 5.03. The molecule has 1 saturated heterocycles. The van der Waals surface area contributed by atoms with Crippen LogP contribution in [0.3, 0.4) is 0 Å². The fourth-order valence-electron chi connectivity index (χ4n) is 3.62. The van der Waals surface area contributed by atoms with E-state index in [4.69, 9.17) is 9.47 Å². The molecule has 0 unspecified atom stereocenters. The molecule has 0 atom stereocenters. The number of nitrogens with zero attached hydrogens (tertiary/aromatic N) is 1. The molecule has 1 aliphatic heterocycles. The van der Waals surface area contributed by atoms with E-state index in [0.29, 0.717) is 26.1 Å². The predicted molar refractivity (Wildman–Crippen MR) is 84.4 cm³/mol. The summed E-state index contributed by atoms with van der Waals surface area (Å²) in [5.74, 6) is -0.609. The molecule has 0 saturated carbocycles. The molecule has 0 aliphatic carbocycles. The van der Waals surface area contributed by atoms with Crippen molar-refractivity contribution in [2.45, 2.75) is 96.9 Å². The lowest BCUT2D eigenvalue weighted by Gasteiger charge is -2.56. The van der Waals surface area contributed by atoms with Gasteiger partial charge in [0.15, 0.2) is 5.79 Å². The summed E-state index contributed by atoms with van der Waals surface area (Å²) < 4.78 is 12.4. The molecule has 0 spiro atoms. The zero-order chi connectivity index (χ0) is 16.1. The van der Waals surface area contributed by atoms with Crippen LogP contribution in [0.5, 0.6) is 0 Å². The molecule has 0 N–H and O–H groups in total. The third-order valence-electron chi connectivity index (χ3n) is 4.74. The normalized spacial score (nSPS) is 24.1. The predicted octanol–water partition coefficient (Wildman–Crippen LogP) is 4.31. The van der Waals surface area contributed by atoms with Crippen LogP contribution in [0.1, 0.15) is 80.1 Å². The van der Waals surface area contributed by atoms with E-state index in [9.17, 15) is 5.21 Å². The summed E-state index contributed by atoms with van der Waals surface area (Å²) in [6, 6.07) is 0. The lowest BCUT2D eigenvalue weighted by atomic mass is 9.73. The van der Waals surface area contributed by atoms with E-state index in [-0.39, 0.29) is 5.54 Å². The fourth-order valence-corrected chi connectivity index (χ4v) is 3.62. The number of hydroxylamine groups is 2. The third-order valence-corrected chi connectivity index (χ3v) is 4.74. The van der Waals surface area contributed by atoms with Crippen molar-refractivity contribution in [3.05, 3.63) is 0 Å². The highest BCUT2D eigenvalue weighted by Crippen LogP contribution is 2.48. The van der Waals surface area contributed by atoms with Gasteiger partial charge in [0.05, 0.1) is 5.54 Å². The molecular formula is C17H34NO3. The highest BCUT2D eigenvalue weighted by Gasteiger charge is 2.57. The van der Waals surface area contributed by atoms with Crippen molar-refractivity contribution in [1.82, 2.24) is 5.06 Å². The summed E-state index contributed by atoms with van der Waals surface area (Å²) in [7, 11) is 0. The van der Waals surface area contributed by atoms with Gasteiger partial charge in [-0.15, -0.1) is 10.3 Å². The number of ether oxygens (including phenoxy) is 2. The van der Waals surface area contributed by atoms with Crippen LogP contribution in [0.15, 0.2) is 0 Å². The second kappa shape index (κ2) is 7.40. The molecule has 0 aromatic carbocycles. The Labute approximate surface area is 130 Å². The van der Waals surface area contributed by atoms with Gasteiger partial charge in [0.1, 0.15) is 0 Å². The van der Waals surface area contributed by atoms with Gasteiger partial charge in [-0.1, -0.05) is 27.7 Å². The second-order valence-corrected chi connectivity index (χ2v) is 7.00. The van der Waals surface area contributed by atoms with Gasteiger partial charge in [0.2, 0.25) is 0 Å². The van der Waals surface area contributed by atoms with Gasteiger partial charge in [-0.25, -0.2) is 0 Å². The summed E-state index contributed by atoms with van der Waals surface area (Å²) in [4.78, 5) is 0. The molecule has 0 aromatic rings. The Balaban J connectivity index is 3.11. The minimum absolute atomic E-state index is 0.386. The summed E-state index contributed by atoms with van der Waals surface area (Å²) in [5, 5.41) is 14.2. The van der Waals surface area contributed by atoms with Crippen LogP contribution in [0.4, 0.5) is 0 Å². The SMILES string of the molecule is CCCOC1(OCCC)CC(C)(C)N([O])C(CC)(CC)C1. The van der Waals surface area contributed by atoms with E-state index >= 15 is 0 Å². The lowest BCUT2D eigenvalue weighted by Crippen LogP contribution is -2.66. The van der Waals surface area contributed by atoms with Crippen LogP contribution in [0.25, 0.3) is 0 Å². The van der Waals surface area contributed by atoms with Gasteiger partial charge in [-0.05, 0) is 39.5 Å². The van der Waals surface area contributed by atoms with Gasteiger partial charge in [0, 0.05) is 31.6 Å². The fraction of sp³-hybridized carbons (Fsp3) is 1.00. The second-order valence-electron chi connectivity index (χ2n) is 7.00. The molecule has 1 radical (unpaired) electrons. The van der Waals surface area contributed by atoms with Crippen LogP contribution >= 0.6 is 0 Å². The lowest BCUT2D eigenvalue weighted by molar-refractivity contribution is -0.369. The minimum atomic E-state index is -0.609. The average molecular weight is 300 g/mol. The highest BCUT2D eigenvalue weighted by atomic mass is 16.7. The first kappa shape index (κ1) is 18.9. The monoisotopic (exact) mass is 300 g/mol. The van der Waals surface area contributed by atoms with Gasteiger partial charge in [-0.2, -0.15) is 0 Å². The molecule has 4 nitrogen and oxygen atoms in total. The Kier molecular flexibility index (Phi) is 6.66. The number of hydrogen-bond acceptors (Lipinski definition) is 3. The van der Waals surface area contributed by atoms with Crippen molar-refractivity contribution in [1.29, 1.82) is 0 Å². The Morgan fingerprint density at radius 1 is 0.905 bits per heavy atom. The summed E-state index contributed by atoms with van der Waals surface area (Å²) in [5.41, 5.74) is -0.852. The number of hydrogen-bond donors (Lipinski definition) is 0. The number of piperidine rings is 1. The van der Waals surface area contributed by atoms with E-state index in [1.807, 2.05) is 13.8 Å². The van der Waals surface area contributed by atoms with Crippen molar-refractivity contribution in [2.24, 2.45) is 0 Å². The smallest absolute Gasteiger partial charge is 0.171 e. The number of rotatable bonds is 8. The van der Waals surface area contributed by atoms with Crippen LogP contribution in [0, 0.1) is 0 Å². The zero-order valence-electron chi connectivity index (χ0n) is 14.8. The Morgan fingerprint density at radius 3 is 1.76 bits per heavy atom. The van der Waals surface area contributed by atoms with Gasteiger partial charge < -0.3 is 9.47 Å². The molecule has 4 heteroatoms. The van der Waals surface area contributed by atoms with Gasteiger partial charge in [0.25, 0.3) is 0 Å². The first-order chi connectivity index (χ1) is 9.81. The molecule has 1 heterocycles. The molecular weight excluding hydrogens is 266 g/mol. The third kappa shape index (κ3) is 3.98. The van der Waals surface area contributed by atoms with Crippen molar-refractivity contribution >= 4 is 0 Å². The molecule has 21 heavy (non-hydrogen) atoms. The largest absolute Gasteiger partial charge is 0.350 e. The molecule has 1 rings (SSSR count). The quantitative estimate of drug-likeness (QED) is 0.627. The molecule has 0 amide bonds. The molecule has 1 fully saturated rings. The Bertz CT molecular complexity index is 305. The molecule has 125 valence electrons.